The van der Waals surface area contributed by atoms with Crippen molar-refractivity contribution in [2.75, 3.05) is 0 Å². The molecule has 0 saturated carbocycles. The fourth-order valence-electron chi connectivity index (χ4n) is 1.30. The fraction of sp³-hybridized carbons (Fsp3) is 0.857. The molecule has 1 heterocycles. The molecule has 0 saturated heterocycles. The highest BCUT2D eigenvalue weighted by Crippen LogP contribution is 2.04. The Morgan fingerprint density at radius 1 is 0.917 bits per heavy atom. The minimum Gasteiger partial charge on any atom is -0.251 e. The first-order valence-corrected chi connectivity index (χ1v) is 4.10. The van der Waals surface area contributed by atoms with Gasteiger partial charge in [0.05, 0.1) is 32.8 Å². The summed E-state index contributed by atoms with van der Waals surface area (Å²) in [4.78, 5) is 0. The Morgan fingerprint density at radius 2 is 1.33 bits per heavy atom. The van der Waals surface area contributed by atoms with Gasteiger partial charge in [-0.2, -0.15) is 0 Å². The summed E-state index contributed by atoms with van der Waals surface area (Å²) in [6.07, 6.45) is 0. The molecule has 1 rings (SSSR count). The Balaban J connectivity index is 2.99. The normalized spacial score (nSPS) is 15.3. The van der Waals surface area contributed by atoms with Crippen LogP contribution >= 0.6 is 0 Å². The SMILES string of the molecule is CC(C)[N+](=C1N=NN=N1)C(C)C. The second kappa shape index (κ2) is 3.51. The first-order chi connectivity index (χ1) is 5.63. The summed E-state index contributed by atoms with van der Waals surface area (Å²) in [5.41, 5.74) is 0. The molecule has 5 nitrogen and oxygen atoms in total. The minimum absolute atomic E-state index is 0.371. The summed E-state index contributed by atoms with van der Waals surface area (Å²) in [5, 5.41) is 14.5. The van der Waals surface area contributed by atoms with Crippen LogP contribution in [0.5, 0.6) is 0 Å². The average molecular weight is 168 g/mol. The lowest BCUT2D eigenvalue weighted by Gasteiger charge is -2.14. The molecule has 0 aromatic carbocycles. The highest BCUT2D eigenvalue weighted by atomic mass is 15.6. The third-order valence-corrected chi connectivity index (χ3v) is 1.65. The van der Waals surface area contributed by atoms with Gasteiger partial charge in [-0.15, -0.1) is 0 Å². The van der Waals surface area contributed by atoms with Crippen LogP contribution in [0.3, 0.4) is 0 Å². The molecule has 1 aliphatic rings. The number of hydrogen-bond acceptors (Lipinski definition) is 2. The van der Waals surface area contributed by atoms with Crippen molar-refractivity contribution in [3.63, 3.8) is 0 Å². The summed E-state index contributed by atoms with van der Waals surface area (Å²) >= 11 is 0. The van der Waals surface area contributed by atoms with Gasteiger partial charge in [0.15, 0.2) is 0 Å². The van der Waals surface area contributed by atoms with Gasteiger partial charge in [-0.1, -0.05) is 0 Å². The van der Waals surface area contributed by atoms with Gasteiger partial charge < -0.3 is 0 Å². The van der Waals surface area contributed by atoms with E-state index in [0.29, 0.717) is 18.0 Å². The summed E-state index contributed by atoms with van der Waals surface area (Å²) in [6, 6.07) is 0.743. The molecule has 0 bridgehead atoms. The van der Waals surface area contributed by atoms with Gasteiger partial charge in [-0.25, -0.2) is 0 Å². The van der Waals surface area contributed by atoms with Crippen molar-refractivity contribution in [3.8, 4) is 0 Å². The molecule has 12 heavy (non-hydrogen) atoms. The van der Waals surface area contributed by atoms with Gasteiger partial charge in [0, 0.05) is 0 Å². The summed E-state index contributed by atoms with van der Waals surface area (Å²) in [6.45, 7) is 8.37. The van der Waals surface area contributed by atoms with Crippen molar-refractivity contribution in [2.45, 2.75) is 39.8 Å². The van der Waals surface area contributed by atoms with Crippen LogP contribution in [0.25, 0.3) is 0 Å². The fourth-order valence-corrected chi connectivity index (χ4v) is 1.30. The lowest BCUT2D eigenvalue weighted by atomic mass is 10.3. The maximum absolute atomic E-state index is 3.81. The summed E-state index contributed by atoms with van der Waals surface area (Å²) in [5.74, 6) is 0.611. The highest BCUT2D eigenvalue weighted by Gasteiger charge is 2.22. The predicted molar refractivity (Wildman–Crippen MR) is 45.3 cm³/mol. The van der Waals surface area contributed by atoms with Crippen LogP contribution in [0, 0.1) is 0 Å². The molecule has 5 heteroatoms. The van der Waals surface area contributed by atoms with Gasteiger partial charge in [0.1, 0.15) is 0 Å². The molecule has 0 N–H and O–H groups in total. The Labute approximate surface area is 71.9 Å². The van der Waals surface area contributed by atoms with Crippen molar-refractivity contribution in [2.24, 2.45) is 20.7 Å². The van der Waals surface area contributed by atoms with Crippen molar-refractivity contribution >= 4 is 5.96 Å². The van der Waals surface area contributed by atoms with E-state index in [1.54, 1.807) is 0 Å². The molecule has 66 valence electrons. The number of rotatable bonds is 2. The molecular weight excluding hydrogens is 154 g/mol. The second-order valence-electron chi connectivity index (χ2n) is 3.27. The zero-order valence-electron chi connectivity index (χ0n) is 7.89. The topological polar surface area (TPSA) is 52.4 Å². The molecule has 0 fully saturated rings. The molecule has 0 aliphatic carbocycles. The molecule has 0 radical (unpaired) electrons. The first kappa shape index (κ1) is 8.96. The molecule has 0 aromatic heterocycles. The van der Waals surface area contributed by atoms with Crippen LogP contribution in [0.2, 0.25) is 0 Å². The van der Waals surface area contributed by atoms with E-state index in [9.17, 15) is 0 Å². The Kier molecular flexibility index (Phi) is 2.62. The smallest absolute Gasteiger partial charge is 0.251 e. The van der Waals surface area contributed by atoms with Crippen LogP contribution < -0.4 is 0 Å². The molecule has 0 spiro atoms. The van der Waals surface area contributed by atoms with Gasteiger partial charge in [-0.3, -0.25) is 4.58 Å². The minimum atomic E-state index is 0.371. The van der Waals surface area contributed by atoms with Crippen LogP contribution in [-0.4, -0.2) is 22.6 Å². The maximum Gasteiger partial charge on any atom is 0.476 e. The summed E-state index contributed by atoms with van der Waals surface area (Å²) < 4.78 is 2.07. The van der Waals surface area contributed by atoms with Gasteiger partial charge in [0.2, 0.25) is 0 Å². The van der Waals surface area contributed by atoms with E-state index in [2.05, 4.69) is 52.9 Å². The summed E-state index contributed by atoms with van der Waals surface area (Å²) in [7, 11) is 0. The monoisotopic (exact) mass is 168 g/mol. The average Bonchev–Trinajstić information content (AvgIpc) is 2.37. The van der Waals surface area contributed by atoms with Crippen LogP contribution in [0.1, 0.15) is 27.7 Å². The quantitative estimate of drug-likeness (QED) is 0.566. The Hall–Kier alpha value is -1.13. The molecule has 0 aromatic rings. The lowest BCUT2D eigenvalue weighted by molar-refractivity contribution is -0.589. The molecule has 0 unspecified atom stereocenters. The van der Waals surface area contributed by atoms with E-state index >= 15 is 0 Å². The highest BCUT2D eigenvalue weighted by molar-refractivity contribution is 5.76. The molecule has 0 amide bonds. The van der Waals surface area contributed by atoms with E-state index in [0.717, 1.165) is 0 Å². The van der Waals surface area contributed by atoms with Crippen molar-refractivity contribution in [3.05, 3.63) is 0 Å². The van der Waals surface area contributed by atoms with Crippen molar-refractivity contribution in [1.82, 2.24) is 0 Å². The van der Waals surface area contributed by atoms with E-state index in [1.165, 1.54) is 0 Å². The standard InChI is InChI=1S/C7H14N5/c1-5(2)12(6(3)4)7-8-10-11-9-7/h5-6H,1-4H3/q+1. The Bertz CT molecular complexity index is 225. The van der Waals surface area contributed by atoms with E-state index in [4.69, 9.17) is 0 Å². The van der Waals surface area contributed by atoms with Crippen molar-refractivity contribution < 1.29 is 4.58 Å². The number of hydrogen-bond donors (Lipinski definition) is 0. The maximum atomic E-state index is 3.81. The van der Waals surface area contributed by atoms with Gasteiger partial charge in [-0.05, 0) is 27.7 Å². The number of nitrogens with zero attached hydrogens (tertiary/aromatic N) is 5. The third kappa shape index (κ3) is 1.72. The second-order valence-corrected chi connectivity index (χ2v) is 3.27. The third-order valence-electron chi connectivity index (χ3n) is 1.65. The Morgan fingerprint density at radius 3 is 1.67 bits per heavy atom. The largest absolute Gasteiger partial charge is 0.476 e. The van der Waals surface area contributed by atoms with E-state index in [-0.39, 0.29) is 0 Å². The van der Waals surface area contributed by atoms with Crippen molar-refractivity contribution in [1.29, 1.82) is 0 Å². The predicted octanol–water partition coefficient (Wildman–Crippen LogP) is 2.00. The molecule has 0 atom stereocenters. The van der Waals surface area contributed by atoms with Crippen LogP contribution in [-0.2, 0) is 0 Å². The van der Waals surface area contributed by atoms with E-state index < -0.39 is 0 Å². The number of guanidine groups is 1. The zero-order valence-corrected chi connectivity index (χ0v) is 7.89. The zero-order chi connectivity index (χ0) is 9.14. The lowest BCUT2D eigenvalue weighted by Crippen LogP contribution is -2.31. The molecule has 1 aliphatic heterocycles. The van der Waals surface area contributed by atoms with Gasteiger partial charge in [0.25, 0.3) is 0 Å². The van der Waals surface area contributed by atoms with E-state index in [1.807, 2.05) is 0 Å². The molecular formula is C7H14N5+. The van der Waals surface area contributed by atoms with Gasteiger partial charge >= 0.3 is 5.96 Å². The van der Waals surface area contributed by atoms with Crippen LogP contribution in [0.4, 0.5) is 0 Å². The first-order valence-electron chi connectivity index (χ1n) is 4.10. The van der Waals surface area contributed by atoms with Crippen LogP contribution in [0.15, 0.2) is 20.7 Å².